The monoisotopic (exact) mass is 284 g/mol. The summed E-state index contributed by atoms with van der Waals surface area (Å²) in [7, 11) is 0. The van der Waals surface area contributed by atoms with Gasteiger partial charge >= 0.3 is 0 Å². The molecule has 2 aromatic rings. The minimum absolute atomic E-state index is 0.226. The van der Waals surface area contributed by atoms with E-state index in [1.165, 1.54) is 11.1 Å². The predicted octanol–water partition coefficient (Wildman–Crippen LogP) is 3.26. The van der Waals surface area contributed by atoms with Crippen molar-refractivity contribution >= 4 is 0 Å². The fourth-order valence-corrected chi connectivity index (χ4v) is 2.55. The summed E-state index contributed by atoms with van der Waals surface area (Å²) in [5.41, 5.74) is 2.43. The summed E-state index contributed by atoms with van der Waals surface area (Å²) >= 11 is 0. The van der Waals surface area contributed by atoms with Crippen molar-refractivity contribution in [3.8, 4) is 11.5 Å². The van der Waals surface area contributed by atoms with Crippen LogP contribution in [-0.2, 0) is 0 Å². The molecule has 2 heterocycles. The van der Waals surface area contributed by atoms with Gasteiger partial charge in [-0.05, 0) is 49.2 Å². The number of benzene rings is 1. The van der Waals surface area contributed by atoms with Gasteiger partial charge in [-0.1, -0.05) is 6.07 Å². The van der Waals surface area contributed by atoms with Crippen molar-refractivity contribution in [2.24, 2.45) is 0 Å². The molecular weight excluding hydrogens is 264 g/mol. The van der Waals surface area contributed by atoms with Crippen LogP contribution in [0.2, 0.25) is 0 Å². The lowest BCUT2D eigenvalue weighted by atomic mass is 10.0. The van der Waals surface area contributed by atoms with Crippen molar-refractivity contribution in [3.05, 3.63) is 53.9 Å². The molecule has 21 heavy (non-hydrogen) atoms. The van der Waals surface area contributed by atoms with Crippen LogP contribution in [-0.4, -0.2) is 18.2 Å². The van der Waals surface area contributed by atoms with Crippen molar-refractivity contribution in [3.63, 3.8) is 0 Å². The molecule has 0 bridgehead atoms. The van der Waals surface area contributed by atoms with E-state index in [2.05, 4.69) is 36.3 Å². The number of nitrogens with one attached hydrogen (secondary N) is 1. The Morgan fingerprint density at radius 3 is 2.33 bits per heavy atom. The first-order chi connectivity index (χ1) is 10.2. The molecule has 4 heteroatoms. The molecule has 0 amide bonds. The Bertz CT molecular complexity index is 601. The Hall–Kier alpha value is -2.07. The van der Waals surface area contributed by atoms with Gasteiger partial charge in [0.2, 0.25) is 0 Å². The van der Waals surface area contributed by atoms with E-state index in [0.717, 1.165) is 11.5 Å². The number of hydrogen-bond donors (Lipinski definition) is 1. The van der Waals surface area contributed by atoms with Gasteiger partial charge in [-0.15, -0.1) is 0 Å². The molecule has 0 saturated heterocycles. The Morgan fingerprint density at radius 1 is 0.905 bits per heavy atom. The lowest BCUT2D eigenvalue weighted by Gasteiger charge is -2.23. The van der Waals surface area contributed by atoms with Crippen LogP contribution >= 0.6 is 0 Å². The van der Waals surface area contributed by atoms with Crippen LogP contribution < -0.4 is 14.8 Å². The molecule has 0 spiro atoms. The molecule has 1 aromatic carbocycles. The van der Waals surface area contributed by atoms with E-state index < -0.39 is 0 Å². The van der Waals surface area contributed by atoms with E-state index in [4.69, 9.17) is 9.47 Å². The van der Waals surface area contributed by atoms with Crippen LogP contribution in [0.15, 0.2) is 42.7 Å². The Morgan fingerprint density at radius 2 is 1.57 bits per heavy atom. The summed E-state index contributed by atoms with van der Waals surface area (Å²) in [6.45, 7) is 5.55. The Labute approximate surface area is 125 Å². The van der Waals surface area contributed by atoms with Crippen molar-refractivity contribution in [1.29, 1.82) is 0 Å². The van der Waals surface area contributed by atoms with Gasteiger partial charge in [0, 0.05) is 24.5 Å². The lowest BCUT2D eigenvalue weighted by Crippen LogP contribution is -2.23. The van der Waals surface area contributed by atoms with Gasteiger partial charge in [-0.2, -0.15) is 0 Å². The van der Waals surface area contributed by atoms with E-state index in [-0.39, 0.29) is 12.1 Å². The summed E-state index contributed by atoms with van der Waals surface area (Å²) < 4.78 is 11.2. The lowest BCUT2D eigenvalue weighted by molar-refractivity contribution is 0.171. The van der Waals surface area contributed by atoms with E-state index in [1.807, 2.05) is 30.6 Å². The Kier molecular flexibility index (Phi) is 4.06. The third-order valence-corrected chi connectivity index (χ3v) is 3.77. The van der Waals surface area contributed by atoms with Crippen molar-refractivity contribution in [1.82, 2.24) is 10.3 Å². The Balaban J connectivity index is 1.72. The molecule has 0 fully saturated rings. The van der Waals surface area contributed by atoms with Gasteiger partial charge in [-0.25, -0.2) is 0 Å². The summed E-state index contributed by atoms with van der Waals surface area (Å²) in [6, 6.07) is 10.7. The molecule has 2 unspecified atom stereocenters. The largest absolute Gasteiger partial charge is 0.486 e. The summed E-state index contributed by atoms with van der Waals surface area (Å²) in [6.07, 6.45) is 3.64. The van der Waals surface area contributed by atoms with Gasteiger partial charge in [0.15, 0.2) is 11.5 Å². The second kappa shape index (κ2) is 6.14. The minimum atomic E-state index is 0.226. The first kappa shape index (κ1) is 13.9. The molecule has 0 aliphatic carbocycles. The normalized spacial score (nSPS) is 16.3. The number of aromatic nitrogens is 1. The summed E-state index contributed by atoms with van der Waals surface area (Å²) in [5, 5.41) is 3.60. The summed E-state index contributed by atoms with van der Waals surface area (Å²) in [4.78, 5) is 4.06. The second-order valence-corrected chi connectivity index (χ2v) is 5.29. The quantitative estimate of drug-likeness (QED) is 0.936. The molecular formula is C17H20N2O2. The van der Waals surface area contributed by atoms with Crippen LogP contribution in [0.4, 0.5) is 0 Å². The molecule has 4 nitrogen and oxygen atoms in total. The fourth-order valence-electron chi connectivity index (χ4n) is 2.55. The van der Waals surface area contributed by atoms with Gasteiger partial charge < -0.3 is 14.8 Å². The highest BCUT2D eigenvalue weighted by Gasteiger charge is 2.16. The van der Waals surface area contributed by atoms with Crippen LogP contribution in [0.3, 0.4) is 0 Å². The molecule has 1 N–H and O–H groups in total. The standard InChI is InChI=1S/C17H20N2O2/c1-12(14-5-7-18-8-6-14)19-13(2)15-3-4-16-17(11-15)21-10-9-20-16/h3-8,11-13,19H,9-10H2,1-2H3. The van der Waals surface area contributed by atoms with E-state index in [0.29, 0.717) is 13.2 Å². The number of ether oxygens (including phenoxy) is 2. The average Bonchev–Trinajstić information content (AvgIpc) is 2.55. The zero-order chi connectivity index (χ0) is 14.7. The third-order valence-electron chi connectivity index (χ3n) is 3.77. The van der Waals surface area contributed by atoms with Crippen LogP contribution in [0.1, 0.15) is 37.1 Å². The molecule has 110 valence electrons. The molecule has 0 saturated carbocycles. The van der Waals surface area contributed by atoms with E-state index in [1.54, 1.807) is 0 Å². The molecule has 0 radical (unpaired) electrons. The topological polar surface area (TPSA) is 43.4 Å². The van der Waals surface area contributed by atoms with Crippen LogP contribution in [0, 0.1) is 0 Å². The van der Waals surface area contributed by atoms with Crippen LogP contribution in [0.5, 0.6) is 11.5 Å². The van der Waals surface area contributed by atoms with E-state index in [9.17, 15) is 0 Å². The average molecular weight is 284 g/mol. The van der Waals surface area contributed by atoms with Gasteiger partial charge in [0.1, 0.15) is 13.2 Å². The first-order valence-corrected chi connectivity index (χ1v) is 7.29. The highest BCUT2D eigenvalue weighted by Crippen LogP contribution is 2.33. The van der Waals surface area contributed by atoms with Crippen molar-refractivity contribution in [2.75, 3.05) is 13.2 Å². The zero-order valence-electron chi connectivity index (χ0n) is 12.4. The highest BCUT2D eigenvalue weighted by molar-refractivity contribution is 5.44. The van der Waals surface area contributed by atoms with Crippen LogP contribution in [0.25, 0.3) is 0 Å². The van der Waals surface area contributed by atoms with E-state index >= 15 is 0 Å². The number of rotatable bonds is 4. The van der Waals surface area contributed by atoms with Crippen molar-refractivity contribution in [2.45, 2.75) is 25.9 Å². The maximum absolute atomic E-state index is 5.64. The summed E-state index contributed by atoms with van der Waals surface area (Å²) in [5.74, 6) is 1.67. The zero-order valence-corrected chi connectivity index (χ0v) is 12.4. The molecule has 2 atom stereocenters. The maximum atomic E-state index is 5.64. The predicted molar refractivity (Wildman–Crippen MR) is 81.6 cm³/mol. The SMILES string of the molecule is CC(NC(C)c1ccc2c(c1)OCCO2)c1ccncc1. The maximum Gasteiger partial charge on any atom is 0.161 e. The minimum Gasteiger partial charge on any atom is -0.486 e. The second-order valence-electron chi connectivity index (χ2n) is 5.29. The third kappa shape index (κ3) is 3.16. The molecule has 1 aromatic heterocycles. The highest BCUT2D eigenvalue weighted by atomic mass is 16.6. The number of hydrogen-bond acceptors (Lipinski definition) is 4. The molecule has 1 aliphatic heterocycles. The smallest absolute Gasteiger partial charge is 0.161 e. The number of nitrogens with zero attached hydrogens (tertiary/aromatic N) is 1. The van der Waals surface area contributed by atoms with Gasteiger partial charge in [-0.3, -0.25) is 4.98 Å². The fraction of sp³-hybridized carbons (Fsp3) is 0.353. The van der Waals surface area contributed by atoms with Gasteiger partial charge in [0.05, 0.1) is 0 Å². The molecule has 1 aliphatic rings. The first-order valence-electron chi connectivity index (χ1n) is 7.29. The number of pyridine rings is 1. The van der Waals surface area contributed by atoms with Crippen molar-refractivity contribution < 1.29 is 9.47 Å². The molecule has 3 rings (SSSR count). The van der Waals surface area contributed by atoms with Gasteiger partial charge in [0.25, 0.3) is 0 Å². The number of fused-ring (bicyclic) bond motifs is 1.